The summed E-state index contributed by atoms with van der Waals surface area (Å²) in [4.78, 5) is 0.929. The Hall–Kier alpha value is -0.590. The van der Waals surface area contributed by atoms with E-state index in [1.165, 1.54) is 11.3 Å². The lowest BCUT2D eigenvalue weighted by atomic mass is 9.89. The maximum atomic E-state index is 9.05. The van der Waals surface area contributed by atoms with E-state index in [0.29, 0.717) is 4.78 Å². The van der Waals surface area contributed by atoms with Gasteiger partial charge >= 0.3 is 14.2 Å². The molecule has 0 aliphatic carbocycles. The van der Waals surface area contributed by atoms with E-state index in [1.54, 1.807) is 6.07 Å². The Bertz CT molecular complexity index is 466. The SMILES string of the molecule is CC1(C)OB(/C=C/c2ccc(B(O)O)s2)OC1(C)C. The van der Waals surface area contributed by atoms with Crippen LogP contribution in [0.2, 0.25) is 0 Å². The summed E-state index contributed by atoms with van der Waals surface area (Å²) < 4.78 is 12.2. The van der Waals surface area contributed by atoms with E-state index >= 15 is 0 Å². The molecule has 1 aromatic heterocycles. The molecule has 102 valence electrons. The lowest BCUT2D eigenvalue weighted by Crippen LogP contribution is -2.41. The zero-order valence-electron chi connectivity index (χ0n) is 11.6. The molecule has 0 bridgehead atoms. The van der Waals surface area contributed by atoms with Gasteiger partial charge in [0.2, 0.25) is 0 Å². The van der Waals surface area contributed by atoms with Gasteiger partial charge in [-0.1, -0.05) is 18.1 Å². The fourth-order valence-electron chi connectivity index (χ4n) is 1.74. The predicted octanol–water partition coefficient (Wildman–Crippen LogP) is 1.07. The van der Waals surface area contributed by atoms with E-state index < -0.39 is 7.12 Å². The summed E-state index contributed by atoms with van der Waals surface area (Å²) in [7, 11) is -1.79. The molecule has 0 atom stereocenters. The summed E-state index contributed by atoms with van der Waals surface area (Å²) in [6.45, 7) is 8.02. The summed E-state index contributed by atoms with van der Waals surface area (Å²) in [6.07, 6.45) is 1.87. The average Bonchev–Trinajstić information content (AvgIpc) is 2.79. The molecule has 1 aliphatic rings. The normalized spacial score (nSPS) is 21.3. The van der Waals surface area contributed by atoms with E-state index in [1.807, 2.05) is 45.8 Å². The van der Waals surface area contributed by atoms with Crippen LogP contribution >= 0.6 is 11.3 Å². The Morgan fingerprint density at radius 2 is 1.74 bits per heavy atom. The van der Waals surface area contributed by atoms with Crippen molar-refractivity contribution >= 4 is 36.4 Å². The molecular formula is C12H18B2O4S. The standard InChI is InChI=1S/C12H18B2O4S/c1-11(2)12(3,4)18-13(17-11)8-7-9-5-6-10(19-9)14(15)16/h5-8,15-16H,1-4H3/b8-7+. The Kier molecular flexibility index (Phi) is 3.95. The van der Waals surface area contributed by atoms with Crippen LogP contribution in [0.1, 0.15) is 32.6 Å². The highest BCUT2D eigenvalue weighted by Crippen LogP contribution is 2.37. The predicted molar refractivity (Wildman–Crippen MR) is 79.3 cm³/mol. The summed E-state index contributed by atoms with van der Waals surface area (Å²) in [5.74, 6) is 1.84. The van der Waals surface area contributed by atoms with Crippen molar-refractivity contribution in [2.24, 2.45) is 0 Å². The number of rotatable bonds is 3. The van der Waals surface area contributed by atoms with Gasteiger partial charge in [0.15, 0.2) is 0 Å². The van der Waals surface area contributed by atoms with Crippen LogP contribution in [0.4, 0.5) is 0 Å². The third-order valence-corrected chi connectivity index (χ3v) is 4.68. The lowest BCUT2D eigenvalue weighted by molar-refractivity contribution is 0.00578. The minimum absolute atomic E-state index is 0.343. The van der Waals surface area contributed by atoms with Crippen LogP contribution in [0.25, 0.3) is 6.08 Å². The van der Waals surface area contributed by atoms with Crippen LogP contribution in [0, 0.1) is 0 Å². The highest BCUT2D eigenvalue weighted by atomic mass is 32.1. The Balaban J connectivity index is 2.04. The van der Waals surface area contributed by atoms with E-state index in [4.69, 9.17) is 19.4 Å². The Morgan fingerprint density at radius 1 is 1.16 bits per heavy atom. The van der Waals surface area contributed by atoms with Crippen LogP contribution in [0.15, 0.2) is 18.1 Å². The first kappa shape index (κ1) is 14.8. The molecule has 0 radical (unpaired) electrons. The van der Waals surface area contributed by atoms with Crippen LogP contribution in [0.5, 0.6) is 0 Å². The van der Waals surface area contributed by atoms with Crippen LogP contribution < -0.4 is 4.78 Å². The van der Waals surface area contributed by atoms with Gasteiger partial charge in [-0.25, -0.2) is 0 Å². The van der Waals surface area contributed by atoms with Crippen molar-refractivity contribution in [3.63, 3.8) is 0 Å². The fourth-order valence-corrected chi connectivity index (χ4v) is 2.53. The molecule has 4 nitrogen and oxygen atoms in total. The van der Waals surface area contributed by atoms with E-state index in [0.717, 1.165) is 4.88 Å². The maximum Gasteiger partial charge on any atom is 0.499 e. The average molecular weight is 280 g/mol. The molecular weight excluding hydrogens is 262 g/mol. The monoisotopic (exact) mass is 280 g/mol. The topological polar surface area (TPSA) is 58.9 Å². The van der Waals surface area contributed by atoms with Crippen LogP contribution in [0.3, 0.4) is 0 Å². The third kappa shape index (κ3) is 3.12. The van der Waals surface area contributed by atoms with Gasteiger partial charge in [-0.3, -0.25) is 0 Å². The van der Waals surface area contributed by atoms with Gasteiger partial charge in [-0.2, -0.15) is 0 Å². The smallest absolute Gasteiger partial charge is 0.423 e. The Morgan fingerprint density at radius 3 is 2.21 bits per heavy atom. The van der Waals surface area contributed by atoms with Crippen molar-refractivity contribution in [1.82, 2.24) is 0 Å². The van der Waals surface area contributed by atoms with Gasteiger partial charge in [0.25, 0.3) is 0 Å². The highest BCUT2D eigenvalue weighted by molar-refractivity contribution is 7.22. The molecule has 1 aliphatic heterocycles. The fraction of sp³-hybridized carbons (Fsp3) is 0.500. The van der Waals surface area contributed by atoms with E-state index in [9.17, 15) is 0 Å². The lowest BCUT2D eigenvalue weighted by Gasteiger charge is -2.32. The molecule has 2 rings (SSSR count). The van der Waals surface area contributed by atoms with Crippen molar-refractivity contribution in [3.05, 3.63) is 23.0 Å². The molecule has 0 amide bonds. The van der Waals surface area contributed by atoms with Crippen molar-refractivity contribution in [3.8, 4) is 0 Å². The molecule has 1 fully saturated rings. The van der Waals surface area contributed by atoms with Crippen molar-refractivity contribution in [2.75, 3.05) is 0 Å². The molecule has 1 aromatic rings. The summed E-state index contributed by atoms with van der Waals surface area (Å²) >= 11 is 1.33. The zero-order valence-corrected chi connectivity index (χ0v) is 12.4. The largest absolute Gasteiger partial charge is 0.499 e. The number of hydrogen-bond donors (Lipinski definition) is 2. The minimum atomic E-state index is -1.41. The minimum Gasteiger partial charge on any atom is -0.423 e. The first-order chi connectivity index (χ1) is 8.71. The zero-order chi connectivity index (χ0) is 14.3. The quantitative estimate of drug-likeness (QED) is 0.813. The van der Waals surface area contributed by atoms with E-state index in [2.05, 4.69) is 0 Å². The first-order valence-electron chi connectivity index (χ1n) is 6.21. The third-order valence-electron chi connectivity index (χ3n) is 3.59. The molecule has 0 saturated carbocycles. The van der Waals surface area contributed by atoms with Crippen LogP contribution in [-0.4, -0.2) is 35.5 Å². The highest BCUT2D eigenvalue weighted by Gasteiger charge is 2.49. The molecule has 0 aromatic carbocycles. The van der Waals surface area contributed by atoms with Gasteiger partial charge in [0, 0.05) is 9.65 Å². The molecule has 7 heteroatoms. The number of hydrogen-bond acceptors (Lipinski definition) is 5. The second-order valence-electron chi connectivity index (χ2n) is 5.60. The van der Waals surface area contributed by atoms with Crippen molar-refractivity contribution in [1.29, 1.82) is 0 Å². The van der Waals surface area contributed by atoms with Crippen LogP contribution in [-0.2, 0) is 9.31 Å². The maximum absolute atomic E-state index is 9.05. The second-order valence-corrected chi connectivity index (χ2v) is 6.74. The van der Waals surface area contributed by atoms with Gasteiger partial charge in [0.05, 0.1) is 11.2 Å². The van der Waals surface area contributed by atoms with Gasteiger partial charge in [-0.05, 0) is 33.8 Å². The van der Waals surface area contributed by atoms with E-state index in [-0.39, 0.29) is 18.3 Å². The molecule has 0 spiro atoms. The number of thiophene rings is 1. The molecule has 2 N–H and O–H groups in total. The molecule has 1 saturated heterocycles. The summed E-state index contributed by atoms with van der Waals surface area (Å²) in [5, 5.41) is 18.1. The summed E-state index contributed by atoms with van der Waals surface area (Å²) in [6, 6.07) is 3.53. The Labute approximate surface area is 118 Å². The molecule has 2 heterocycles. The molecule has 0 unspecified atom stereocenters. The van der Waals surface area contributed by atoms with Gasteiger partial charge in [-0.15, -0.1) is 11.3 Å². The van der Waals surface area contributed by atoms with Gasteiger partial charge in [0.1, 0.15) is 0 Å². The van der Waals surface area contributed by atoms with Crippen molar-refractivity contribution in [2.45, 2.75) is 38.9 Å². The second kappa shape index (κ2) is 5.07. The molecule has 19 heavy (non-hydrogen) atoms. The summed E-state index contributed by atoms with van der Waals surface area (Å²) in [5.41, 5.74) is -0.687. The van der Waals surface area contributed by atoms with Gasteiger partial charge < -0.3 is 19.4 Å². The first-order valence-corrected chi connectivity index (χ1v) is 7.03. The van der Waals surface area contributed by atoms with Crippen molar-refractivity contribution < 1.29 is 19.4 Å².